The highest BCUT2D eigenvalue weighted by Gasteiger charge is 2.24. The molecule has 0 spiro atoms. The maximum atomic E-state index is 12.5. The second-order valence-corrected chi connectivity index (χ2v) is 7.54. The second kappa shape index (κ2) is 10.6. The van der Waals surface area contributed by atoms with E-state index in [-0.39, 0.29) is 17.7 Å². The fraction of sp³-hybridized carbons (Fsp3) is 0.333. The van der Waals surface area contributed by atoms with Gasteiger partial charge in [0.05, 0.1) is 7.11 Å². The molecule has 0 aliphatic rings. The Kier molecular flexibility index (Phi) is 8.20. The third kappa shape index (κ3) is 6.64. The van der Waals surface area contributed by atoms with Gasteiger partial charge in [-0.1, -0.05) is 32.0 Å². The predicted molar refractivity (Wildman–Crippen MR) is 109 cm³/mol. The van der Waals surface area contributed by atoms with Gasteiger partial charge in [0.1, 0.15) is 11.8 Å². The van der Waals surface area contributed by atoms with E-state index in [0.717, 1.165) is 5.75 Å². The molecule has 0 aliphatic carbocycles. The van der Waals surface area contributed by atoms with E-state index in [1.165, 1.54) is 4.90 Å². The number of hydrogen-bond acceptors (Lipinski definition) is 4. The molecule has 2 rings (SSSR count). The van der Waals surface area contributed by atoms with Crippen molar-refractivity contribution in [2.24, 2.45) is 5.92 Å². The summed E-state index contributed by atoms with van der Waals surface area (Å²) in [6, 6.07) is 16.3. The van der Waals surface area contributed by atoms with Crippen molar-refractivity contribution in [3.63, 3.8) is 0 Å². The summed E-state index contributed by atoms with van der Waals surface area (Å²) in [6.45, 7) is 4.37. The maximum Gasteiger partial charge on any atom is 0.251 e. The van der Waals surface area contributed by atoms with Gasteiger partial charge in [-0.15, -0.1) is 11.8 Å². The van der Waals surface area contributed by atoms with Crippen LogP contribution in [-0.2, 0) is 4.79 Å². The van der Waals surface area contributed by atoms with Crippen molar-refractivity contribution >= 4 is 23.6 Å². The summed E-state index contributed by atoms with van der Waals surface area (Å²) in [7, 11) is 1.57. The number of rotatable bonds is 9. The molecule has 0 bridgehead atoms. The lowest BCUT2D eigenvalue weighted by atomic mass is 10.0. The van der Waals surface area contributed by atoms with Crippen LogP contribution in [-0.4, -0.2) is 37.3 Å². The molecule has 0 aromatic heterocycles. The third-order valence-corrected chi connectivity index (χ3v) is 5.01. The molecule has 0 saturated carbocycles. The van der Waals surface area contributed by atoms with Crippen LogP contribution in [0.15, 0.2) is 59.5 Å². The molecule has 2 aromatic rings. The molecule has 6 heteroatoms. The van der Waals surface area contributed by atoms with Gasteiger partial charge in [0.15, 0.2) is 0 Å². The van der Waals surface area contributed by atoms with Crippen LogP contribution in [0.4, 0.5) is 0 Å². The highest BCUT2D eigenvalue weighted by atomic mass is 32.2. The molecule has 2 N–H and O–H groups in total. The number of benzene rings is 2. The van der Waals surface area contributed by atoms with Gasteiger partial charge in [-0.25, -0.2) is 0 Å². The van der Waals surface area contributed by atoms with E-state index in [9.17, 15) is 9.59 Å². The Morgan fingerprint density at radius 3 is 2.30 bits per heavy atom. The van der Waals surface area contributed by atoms with Crippen molar-refractivity contribution in [2.45, 2.75) is 24.8 Å². The Labute approximate surface area is 164 Å². The van der Waals surface area contributed by atoms with E-state index in [1.807, 2.05) is 44.2 Å². The number of carbonyl (C=O) groups is 2. The third-order valence-electron chi connectivity index (χ3n) is 4.00. The van der Waals surface area contributed by atoms with E-state index in [4.69, 9.17) is 4.74 Å². The Morgan fingerprint density at radius 2 is 1.70 bits per heavy atom. The van der Waals surface area contributed by atoms with Crippen LogP contribution in [0.25, 0.3) is 0 Å². The molecule has 0 aliphatic heterocycles. The minimum absolute atomic E-state index is 0.0195. The summed E-state index contributed by atoms with van der Waals surface area (Å²) in [5.41, 5.74) is 0.494. The number of amides is 2. The minimum Gasteiger partial charge on any atom is -0.497 e. The van der Waals surface area contributed by atoms with Crippen molar-refractivity contribution < 1.29 is 14.3 Å². The molecule has 144 valence electrons. The molecule has 0 radical (unpaired) electrons. The highest BCUT2D eigenvalue weighted by molar-refractivity contribution is 7.99. The van der Waals surface area contributed by atoms with Crippen LogP contribution in [0.2, 0.25) is 0 Å². The topological polar surface area (TPSA) is 67.4 Å². The first kappa shape index (κ1) is 20.8. The van der Waals surface area contributed by atoms with E-state index < -0.39 is 6.04 Å². The number of thioether (sulfide) groups is 1. The normalized spacial score (nSPS) is 11.7. The second-order valence-electron chi connectivity index (χ2n) is 6.38. The zero-order valence-electron chi connectivity index (χ0n) is 15.9. The Hall–Kier alpha value is -2.47. The number of hydrogen-bond donors (Lipinski definition) is 2. The van der Waals surface area contributed by atoms with Crippen LogP contribution < -0.4 is 15.4 Å². The van der Waals surface area contributed by atoms with Crippen molar-refractivity contribution in [1.29, 1.82) is 0 Å². The van der Waals surface area contributed by atoms with Gasteiger partial charge in [0.2, 0.25) is 5.91 Å². The first-order valence-corrected chi connectivity index (χ1v) is 9.90. The van der Waals surface area contributed by atoms with Crippen LogP contribution >= 0.6 is 11.8 Å². The Bertz CT molecular complexity index is 733. The molecule has 0 fully saturated rings. The maximum absolute atomic E-state index is 12.5. The lowest BCUT2D eigenvalue weighted by Gasteiger charge is -2.21. The summed E-state index contributed by atoms with van der Waals surface area (Å²) in [5, 5.41) is 5.74. The van der Waals surface area contributed by atoms with Gasteiger partial charge in [-0.05, 0) is 42.3 Å². The number of nitrogens with one attached hydrogen (secondary N) is 2. The molecule has 0 unspecified atom stereocenters. The van der Waals surface area contributed by atoms with Gasteiger partial charge in [0, 0.05) is 22.8 Å². The summed E-state index contributed by atoms with van der Waals surface area (Å²) >= 11 is 1.68. The van der Waals surface area contributed by atoms with Crippen LogP contribution in [0.3, 0.4) is 0 Å². The van der Waals surface area contributed by atoms with E-state index >= 15 is 0 Å². The molecule has 0 saturated heterocycles. The Morgan fingerprint density at radius 1 is 1.04 bits per heavy atom. The summed E-state index contributed by atoms with van der Waals surface area (Å²) in [4.78, 5) is 26.1. The van der Waals surface area contributed by atoms with Gasteiger partial charge in [-0.2, -0.15) is 0 Å². The highest BCUT2D eigenvalue weighted by Crippen LogP contribution is 2.16. The number of methoxy groups -OCH3 is 1. The summed E-state index contributed by atoms with van der Waals surface area (Å²) in [6.07, 6.45) is 0. The van der Waals surface area contributed by atoms with Crippen LogP contribution in [0, 0.1) is 5.92 Å². The zero-order valence-corrected chi connectivity index (χ0v) is 16.7. The van der Waals surface area contributed by atoms with Gasteiger partial charge >= 0.3 is 0 Å². The zero-order chi connectivity index (χ0) is 19.6. The van der Waals surface area contributed by atoms with Crippen molar-refractivity contribution in [3.05, 3.63) is 60.2 Å². The van der Waals surface area contributed by atoms with Crippen LogP contribution in [0.1, 0.15) is 24.2 Å². The van der Waals surface area contributed by atoms with Crippen molar-refractivity contribution in [1.82, 2.24) is 10.6 Å². The smallest absolute Gasteiger partial charge is 0.251 e. The monoisotopic (exact) mass is 386 g/mol. The van der Waals surface area contributed by atoms with Crippen molar-refractivity contribution in [3.8, 4) is 5.75 Å². The largest absolute Gasteiger partial charge is 0.497 e. The fourth-order valence-electron chi connectivity index (χ4n) is 2.47. The van der Waals surface area contributed by atoms with E-state index in [1.54, 1.807) is 43.1 Å². The Balaban J connectivity index is 1.85. The molecule has 5 nitrogen and oxygen atoms in total. The molecule has 1 atom stereocenters. The predicted octanol–water partition coefficient (Wildman–Crippen LogP) is 3.36. The summed E-state index contributed by atoms with van der Waals surface area (Å²) < 4.78 is 5.10. The first-order chi connectivity index (χ1) is 13.0. The summed E-state index contributed by atoms with van der Waals surface area (Å²) in [5.74, 6) is 0.993. The fourth-order valence-corrected chi connectivity index (χ4v) is 3.26. The molecule has 0 heterocycles. The SMILES string of the molecule is COc1ccc(C(=O)N[C@H](C(=O)NCCSc2ccccc2)C(C)C)cc1. The van der Waals surface area contributed by atoms with Gasteiger partial charge in [-0.3, -0.25) is 9.59 Å². The number of carbonyl (C=O) groups excluding carboxylic acids is 2. The molecule has 2 aromatic carbocycles. The standard InChI is InChI=1S/C21H26N2O3S/c1-15(2)19(23-20(24)16-9-11-17(26-3)12-10-16)21(25)22-13-14-27-18-7-5-4-6-8-18/h4-12,15,19H,13-14H2,1-3H3,(H,22,25)(H,23,24)/t19-/m0/s1. The van der Waals surface area contributed by atoms with Gasteiger partial charge in [0.25, 0.3) is 5.91 Å². The molecular formula is C21H26N2O3S. The first-order valence-electron chi connectivity index (χ1n) is 8.91. The van der Waals surface area contributed by atoms with Gasteiger partial charge < -0.3 is 15.4 Å². The minimum atomic E-state index is -0.582. The van der Waals surface area contributed by atoms with E-state index in [0.29, 0.717) is 17.9 Å². The lowest BCUT2D eigenvalue weighted by Crippen LogP contribution is -2.50. The average molecular weight is 387 g/mol. The van der Waals surface area contributed by atoms with E-state index in [2.05, 4.69) is 10.6 Å². The van der Waals surface area contributed by atoms with Crippen LogP contribution in [0.5, 0.6) is 5.75 Å². The van der Waals surface area contributed by atoms with Crippen molar-refractivity contribution in [2.75, 3.05) is 19.4 Å². The lowest BCUT2D eigenvalue weighted by molar-refractivity contribution is -0.123. The molecular weight excluding hydrogens is 360 g/mol. The number of ether oxygens (including phenoxy) is 1. The average Bonchev–Trinajstić information content (AvgIpc) is 2.69. The molecule has 27 heavy (non-hydrogen) atoms. The quantitative estimate of drug-likeness (QED) is 0.512. The molecule has 2 amide bonds.